The van der Waals surface area contributed by atoms with E-state index in [1.165, 1.54) is 12.8 Å². The molecule has 0 bridgehead atoms. The second-order valence-electron chi connectivity index (χ2n) is 5.06. The molecule has 1 heterocycles. The van der Waals surface area contributed by atoms with Crippen molar-refractivity contribution in [2.24, 2.45) is 0 Å². The zero-order chi connectivity index (χ0) is 11.6. The van der Waals surface area contributed by atoms with E-state index in [9.17, 15) is 13.5 Å². The van der Waals surface area contributed by atoms with Crippen LogP contribution in [0, 0.1) is 0 Å². The normalized spacial score (nSPS) is 35.2. The molecule has 3 nitrogen and oxygen atoms in total. The Morgan fingerprint density at radius 2 is 1.94 bits per heavy atom. The van der Waals surface area contributed by atoms with Crippen LogP contribution in [0.4, 0.5) is 0 Å². The highest BCUT2D eigenvalue weighted by Gasteiger charge is 2.42. The Morgan fingerprint density at radius 1 is 1.19 bits per heavy atom. The van der Waals surface area contributed by atoms with Gasteiger partial charge in [-0.05, 0) is 37.7 Å². The van der Waals surface area contributed by atoms with Crippen molar-refractivity contribution >= 4 is 9.84 Å². The molecule has 0 aromatic heterocycles. The van der Waals surface area contributed by atoms with E-state index in [0.29, 0.717) is 6.42 Å². The largest absolute Gasteiger partial charge is 0.384 e. The highest BCUT2D eigenvalue weighted by molar-refractivity contribution is 7.91. The Morgan fingerprint density at radius 3 is 2.62 bits per heavy atom. The summed E-state index contributed by atoms with van der Waals surface area (Å²) in [7, 11) is -3.02. The van der Waals surface area contributed by atoms with Crippen LogP contribution in [-0.4, -0.2) is 30.6 Å². The van der Waals surface area contributed by atoms with Gasteiger partial charge >= 0.3 is 0 Å². The molecule has 1 aliphatic carbocycles. The van der Waals surface area contributed by atoms with E-state index in [1.54, 1.807) is 0 Å². The van der Waals surface area contributed by atoms with Gasteiger partial charge in [-0.15, -0.1) is 0 Å². The van der Waals surface area contributed by atoms with E-state index in [2.05, 4.69) is 6.08 Å². The zero-order valence-electron chi connectivity index (χ0n) is 9.61. The second-order valence-corrected chi connectivity index (χ2v) is 7.24. The number of allylic oxidation sites excluding steroid dienone is 1. The van der Waals surface area contributed by atoms with Crippen molar-refractivity contribution in [2.75, 3.05) is 11.5 Å². The molecule has 1 aliphatic heterocycles. The van der Waals surface area contributed by atoms with E-state index < -0.39 is 15.4 Å². The van der Waals surface area contributed by atoms with Gasteiger partial charge in [0.15, 0.2) is 9.84 Å². The molecule has 0 amide bonds. The molecule has 2 aliphatic rings. The van der Waals surface area contributed by atoms with E-state index in [-0.39, 0.29) is 11.5 Å². The quantitative estimate of drug-likeness (QED) is 0.716. The minimum atomic E-state index is -3.02. The van der Waals surface area contributed by atoms with Crippen LogP contribution >= 0.6 is 0 Å². The van der Waals surface area contributed by atoms with Gasteiger partial charge in [0, 0.05) is 0 Å². The maximum absolute atomic E-state index is 11.5. The Balaban J connectivity index is 2.16. The predicted molar refractivity (Wildman–Crippen MR) is 64.0 cm³/mol. The van der Waals surface area contributed by atoms with Gasteiger partial charge in [-0.2, -0.15) is 0 Å². The van der Waals surface area contributed by atoms with Gasteiger partial charge in [-0.3, -0.25) is 0 Å². The van der Waals surface area contributed by atoms with Gasteiger partial charge in [0.05, 0.1) is 11.5 Å². The topological polar surface area (TPSA) is 54.4 Å². The van der Waals surface area contributed by atoms with E-state index >= 15 is 0 Å². The van der Waals surface area contributed by atoms with E-state index in [1.807, 2.05) is 0 Å². The molecule has 0 aromatic carbocycles. The zero-order valence-corrected chi connectivity index (χ0v) is 10.4. The Labute approximate surface area is 97.5 Å². The van der Waals surface area contributed by atoms with Gasteiger partial charge in [0.2, 0.25) is 0 Å². The Bertz CT molecular complexity index is 383. The first-order valence-electron chi connectivity index (χ1n) is 6.14. The molecule has 1 unspecified atom stereocenters. The fourth-order valence-corrected chi connectivity index (χ4v) is 4.55. The molecule has 0 aromatic rings. The minimum Gasteiger partial charge on any atom is -0.384 e. The number of aliphatic hydroxyl groups is 1. The Kier molecular flexibility index (Phi) is 3.40. The Hall–Kier alpha value is -0.350. The summed E-state index contributed by atoms with van der Waals surface area (Å²) in [6, 6.07) is 0. The van der Waals surface area contributed by atoms with Crippen LogP contribution in [-0.2, 0) is 9.84 Å². The summed E-state index contributed by atoms with van der Waals surface area (Å²) in [6.07, 6.45) is 9.01. The summed E-state index contributed by atoms with van der Waals surface area (Å²) in [5.41, 5.74) is -0.0656. The SMILES string of the molecule is O=S1(=O)CCC(O)(C2=CCCCCCC2)C1. The van der Waals surface area contributed by atoms with Crippen molar-refractivity contribution in [3.05, 3.63) is 11.6 Å². The molecule has 2 rings (SSSR count). The lowest BCUT2D eigenvalue weighted by molar-refractivity contribution is 0.101. The van der Waals surface area contributed by atoms with Crippen molar-refractivity contribution in [3.63, 3.8) is 0 Å². The predicted octanol–water partition coefficient (Wildman–Crippen LogP) is 1.82. The average Bonchev–Trinajstić information content (AvgIpc) is 2.40. The van der Waals surface area contributed by atoms with Crippen LogP contribution in [0.1, 0.15) is 44.9 Å². The molecule has 0 radical (unpaired) electrons. The maximum Gasteiger partial charge on any atom is 0.153 e. The number of hydrogen-bond acceptors (Lipinski definition) is 3. The van der Waals surface area contributed by atoms with Gasteiger partial charge in [-0.25, -0.2) is 8.42 Å². The van der Waals surface area contributed by atoms with E-state index in [4.69, 9.17) is 0 Å². The van der Waals surface area contributed by atoms with Crippen LogP contribution < -0.4 is 0 Å². The van der Waals surface area contributed by atoms with Crippen LogP contribution in [0.5, 0.6) is 0 Å². The first-order valence-corrected chi connectivity index (χ1v) is 7.96. The molecule has 0 spiro atoms. The third-order valence-corrected chi connectivity index (χ3v) is 5.42. The summed E-state index contributed by atoms with van der Waals surface area (Å²) in [5.74, 6) is 0.0761. The highest BCUT2D eigenvalue weighted by atomic mass is 32.2. The molecular formula is C12H20O3S. The fourth-order valence-electron chi connectivity index (χ4n) is 2.70. The van der Waals surface area contributed by atoms with Crippen LogP contribution in [0.25, 0.3) is 0 Å². The van der Waals surface area contributed by atoms with Crippen molar-refractivity contribution in [1.82, 2.24) is 0 Å². The lowest BCUT2D eigenvalue weighted by Gasteiger charge is -2.26. The van der Waals surface area contributed by atoms with Gasteiger partial charge in [0.1, 0.15) is 5.60 Å². The van der Waals surface area contributed by atoms with Crippen LogP contribution in [0.2, 0.25) is 0 Å². The molecular weight excluding hydrogens is 224 g/mol. The smallest absolute Gasteiger partial charge is 0.153 e. The van der Waals surface area contributed by atoms with E-state index in [0.717, 1.165) is 31.3 Å². The van der Waals surface area contributed by atoms with Crippen LogP contribution in [0.15, 0.2) is 11.6 Å². The van der Waals surface area contributed by atoms with Gasteiger partial charge < -0.3 is 5.11 Å². The standard InChI is InChI=1S/C12H20O3S/c13-12(8-9-16(14,15)10-12)11-6-4-2-1-3-5-7-11/h6,13H,1-5,7-10H2. The molecule has 4 heteroatoms. The fraction of sp³-hybridized carbons (Fsp3) is 0.833. The summed E-state index contributed by atoms with van der Waals surface area (Å²) in [5, 5.41) is 10.4. The van der Waals surface area contributed by atoms with Gasteiger partial charge in [-0.1, -0.05) is 18.9 Å². The average molecular weight is 244 g/mol. The molecule has 1 N–H and O–H groups in total. The number of hydrogen-bond donors (Lipinski definition) is 1. The first kappa shape index (κ1) is 12.1. The molecule has 1 fully saturated rings. The molecule has 16 heavy (non-hydrogen) atoms. The first-order chi connectivity index (χ1) is 7.52. The maximum atomic E-state index is 11.5. The second kappa shape index (κ2) is 4.49. The van der Waals surface area contributed by atoms with Crippen molar-refractivity contribution in [3.8, 4) is 0 Å². The molecule has 1 atom stereocenters. The monoisotopic (exact) mass is 244 g/mol. The number of rotatable bonds is 1. The van der Waals surface area contributed by atoms with Crippen molar-refractivity contribution < 1.29 is 13.5 Å². The molecule has 92 valence electrons. The highest BCUT2D eigenvalue weighted by Crippen LogP contribution is 2.34. The molecule has 1 saturated heterocycles. The molecule has 0 saturated carbocycles. The lowest BCUT2D eigenvalue weighted by Crippen LogP contribution is -2.32. The van der Waals surface area contributed by atoms with Crippen molar-refractivity contribution in [1.29, 1.82) is 0 Å². The summed E-state index contributed by atoms with van der Waals surface area (Å²) in [6.45, 7) is 0. The summed E-state index contributed by atoms with van der Waals surface area (Å²) < 4.78 is 22.9. The van der Waals surface area contributed by atoms with Crippen molar-refractivity contribution in [2.45, 2.75) is 50.5 Å². The van der Waals surface area contributed by atoms with Gasteiger partial charge in [0.25, 0.3) is 0 Å². The number of sulfone groups is 1. The third kappa shape index (κ3) is 2.66. The summed E-state index contributed by atoms with van der Waals surface area (Å²) in [4.78, 5) is 0. The minimum absolute atomic E-state index is 0.0637. The lowest BCUT2D eigenvalue weighted by atomic mass is 9.86. The summed E-state index contributed by atoms with van der Waals surface area (Å²) >= 11 is 0. The third-order valence-electron chi connectivity index (χ3n) is 3.67. The van der Waals surface area contributed by atoms with Crippen LogP contribution in [0.3, 0.4) is 0 Å².